The van der Waals surface area contributed by atoms with E-state index in [0.29, 0.717) is 18.0 Å². The van der Waals surface area contributed by atoms with Gasteiger partial charge in [0.1, 0.15) is 0 Å². The molecule has 180 valence electrons. The minimum Gasteiger partial charge on any atom is -0.379 e. The molecule has 1 aliphatic carbocycles. The number of hydrogen-bond acceptors (Lipinski definition) is 5. The fourth-order valence-electron chi connectivity index (χ4n) is 5.44. The number of aryl methyl sites for hydroxylation is 1. The third-order valence-electron chi connectivity index (χ3n) is 7.58. The smallest absolute Gasteiger partial charge is 0.168 e. The number of Topliss-reactive ketones (excluding diaryl/α,β-unsaturated/α-hetero) is 1. The molecule has 3 heterocycles. The lowest BCUT2D eigenvalue weighted by atomic mass is 9.71. The summed E-state index contributed by atoms with van der Waals surface area (Å²) in [4.78, 5) is 20.1. The van der Waals surface area contributed by atoms with E-state index >= 15 is 0 Å². The van der Waals surface area contributed by atoms with Crippen LogP contribution in [-0.2, 0) is 16.6 Å². The summed E-state index contributed by atoms with van der Waals surface area (Å²) in [6, 6.07) is 17.1. The Kier molecular flexibility index (Phi) is 6.81. The highest BCUT2D eigenvalue weighted by molar-refractivity contribution is 5.97. The molecule has 5 rings (SSSR count). The predicted octanol–water partition coefficient (Wildman–Crippen LogP) is 4.64. The van der Waals surface area contributed by atoms with Crippen LogP contribution >= 0.6 is 0 Å². The molecule has 0 unspecified atom stereocenters. The maximum atomic E-state index is 12.9. The van der Waals surface area contributed by atoms with Crippen LogP contribution in [0.15, 0.2) is 61.1 Å². The number of ketones is 1. The highest BCUT2D eigenvalue weighted by Crippen LogP contribution is 2.39. The quantitative estimate of drug-likeness (QED) is 0.493. The molecule has 35 heavy (non-hydrogen) atoms. The average Bonchev–Trinajstić information content (AvgIpc) is 3.41. The highest BCUT2D eigenvalue weighted by Gasteiger charge is 2.40. The van der Waals surface area contributed by atoms with E-state index in [1.807, 2.05) is 47.3 Å². The van der Waals surface area contributed by atoms with Crippen LogP contribution in [0.2, 0.25) is 0 Å². The van der Waals surface area contributed by atoms with Crippen molar-refractivity contribution in [2.75, 3.05) is 26.3 Å². The summed E-state index contributed by atoms with van der Waals surface area (Å²) in [5, 5.41) is 10.1. The van der Waals surface area contributed by atoms with Crippen molar-refractivity contribution in [2.45, 2.75) is 50.5 Å². The standard InChI is InChI=1S/C29H32N4O2/c1-22-3-2-4-26(17-22)33-12-9-24(20-33)27(34)18-23-5-6-28(31-19-23)29(21-30)10-7-25(8-11-29)32-13-15-35-16-14-32/h2-6,9,12,17,19-20,25H,7-8,10-11,13-16,18H2,1H3. The Balaban J connectivity index is 1.22. The lowest BCUT2D eigenvalue weighted by Gasteiger charge is -2.41. The fraction of sp³-hybridized carbons (Fsp3) is 0.414. The molecule has 0 spiro atoms. The van der Waals surface area contributed by atoms with Gasteiger partial charge in [-0.15, -0.1) is 0 Å². The van der Waals surface area contributed by atoms with Crippen LogP contribution in [0.25, 0.3) is 5.69 Å². The Morgan fingerprint density at radius 3 is 2.66 bits per heavy atom. The van der Waals surface area contributed by atoms with Crippen molar-refractivity contribution < 1.29 is 9.53 Å². The van der Waals surface area contributed by atoms with Gasteiger partial charge in [-0.05, 0) is 68.0 Å². The van der Waals surface area contributed by atoms with Crippen molar-refractivity contribution in [1.29, 1.82) is 5.26 Å². The zero-order valence-electron chi connectivity index (χ0n) is 20.3. The number of rotatable bonds is 6. The van der Waals surface area contributed by atoms with E-state index in [1.165, 1.54) is 5.56 Å². The van der Waals surface area contributed by atoms with Crippen LogP contribution in [0.3, 0.4) is 0 Å². The van der Waals surface area contributed by atoms with E-state index in [4.69, 9.17) is 4.74 Å². The SMILES string of the molecule is Cc1cccc(-n2ccc(C(=O)Cc3ccc(C4(C#N)CCC(N5CCOCC5)CC4)nc3)c2)c1. The summed E-state index contributed by atoms with van der Waals surface area (Å²) < 4.78 is 7.46. The summed E-state index contributed by atoms with van der Waals surface area (Å²) >= 11 is 0. The van der Waals surface area contributed by atoms with E-state index < -0.39 is 5.41 Å². The number of morpholine rings is 1. The summed E-state index contributed by atoms with van der Waals surface area (Å²) in [5.74, 6) is 0.0620. The van der Waals surface area contributed by atoms with Gasteiger partial charge in [0.25, 0.3) is 0 Å². The second-order valence-corrected chi connectivity index (χ2v) is 9.87. The van der Waals surface area contributed by atoms with Crippen LogP contribution in [0.1, 0.15) is 52.9 Å². The van der Waals surface area contributed by atoms with Gasteiger partial charge >= 0.3 is 0 Å². The van der Waals surface area contributed by atoms with E-state index in [2.05, 4.69) is 35.0 Å². The second-order valence-electron chi connectivity index (χ2n) is 9.87. The first-order chi connectivity index (χ1) is 17.1. The topological polar surface area (TPSA) is 71.2 Å². The number of ether oxygens (including phenoxy) is 1. The largest absolute Gasteiger partial charge is 0.379 e. The van der Waals surface area contributed by atoms with E-state index in [-0.39, 0.29) is 5.78 Å². The maximum absolute atomic E-state index is 12.9. The second kappa shape index (κ2) is 10.2. The van der Waals surface area contributed by atoms with Crippen molar-refractivity contribution in [3.8, 4) is 11.8 Å². The number of carbonyl (C=O) groups excluding carboxylic acids is 1. The Morgan fingerprint density at radius 2 is 1.97 bits per heavy atom. The minimum absolute atomic E-state index is 0.0620. The number of carbonyl (C=O) groups is 1. The fourth-order valence-corrected chi connectivity index (χ4v) is 5.44. The first kappa shape index (κ1) is 23.5. The molecule has 1 saturated carbocycles. The molecule has 0 atom stereocenters. The summed E-state index contributed by atoms with van der Waals surface area (Å²) in [7, 11) is 0. The Hall–Kier alpha value is -3.27. The molecule has 2 fully saturated rings. The van der Waals surface area contributed by atoms with E-state index in [1.54, 1.807) is 6.20 Å². The van der Waals surface area contributed by atoms with Crippen LogP contribution in [-0.4, -0.2) is 52.6 Å². The van der Waals surface area contributed by atoms with Crippen LogP contribution in [0, 0.1) is 18.3 Å². The zero-order chi connectivity index (χ0) is 24.3. The van der Waals surface area contributed by atoms with E-state index in [9.17, 15) is 10.1 Å². The molecule has 0 radical (unpaired) electrons. The van der Waals surface area contributed by atoms with Crippen molar-refractivity contribution in [1.82, 2.24) is 14.5 Å². The van der Waals surface area contributed by atoms with Gasteiger partial charge in [-0.3, -0.25) is 14.7 Å². The maximum Gasteiger partial charge on any atom is 0.168 e. The molecule has 6 heteroatoms. The lowest BCUT2D eigenvalue weighted by molar-refractivity contribution is 0.00493. The molecule has 1 saturated heterocycles. The molecular formula is C29H32N4O2. The molecule has 2 aromatic heterocycles. The van der Waals surface area contributed by atoms with Crippen molar-refractivity contribution in [3.63, 3.8) is 0 Å². The highest BCUT2D eigenvalue weighted by atomic mass is 16.5. The molecular weight excluding hydrogens is 436 g/mol. The first-order valence-electron chi connectivity index (χ1n) is 12.5. The number of benzene rings is 1. The molecule has 1 aromatic carbocycles. The third-order valence-corrected chi connectivity index (χ3v) is 7.58. The average molecular weight is 469 g/mol. The summed E-state index contributed by atoms with van der Waals surface area (Å²) in [6.07, 6.45) is 9.54. The van der Waals surface area contributed by atoms with E-state index in [0.717, 1.165) is 68.9 Å². The Labute approximate surface area is 207 Å². The Bertz CT molecular complexity index is 1210. The molecule has 0 bridgehead atoms. The van der Waals surface area contributed by atoms with Gasteiger partial charge in [0, 0.05) is 55.4 Å². The van der Waals surface area contributed by atoms with Gasteiger partial charge in [0.2, 0.25) is 0 Å². The lowest BCUT2D eigenvalue weighted by Crippen LogP contribution is -2.47. The molecule has 1 aliphatic heterocycles. The monoisotopic (exact) mass is 468 g/mol. The van der Waals surface area contributed by atoms with Crippen LogP contribution in [0.4, 0.5) is 0 Å². The van der Waals surface area contributed by atoms with Gasteiger partial charge in [0.05, 0.1) is 30.4 Å². The van der Waals surface area contributed by atoms with Crippen molar-refractivity contribution in [3.05, 3.63) is 83.4 Å². The van der Waals surface area contributed by atoms with Gasteiger partial charge in [0.15, 0.2) is 5.78 Å². The minimum atomic E-state index is -0.531. The first-order valence-corrected chi connectivity index (χ1v) is 12.5. The number of aromatic nitrogens is 2. The van der Waals surface area contributed by atoms with Crippen LogP contribution in [0.5, 0.6) is 0 Å². The normalized spacial score (nSPS) is 23.0. The van der Waals surface area contributed by atoms with Crippen molar-refractivity contribution in [2.24, 2.45) is 0 Å². The van der Waals surface area contributed by atoms with Crippen LogP contribution < -0.4 is 0 Å². The zero-order valence-corrected chi connectivity index (χ0v) is 20.3. The summed E-state index contributed by atoms with van der Waals surface area (Å²) in [5.41, 5.74) is 4.08. The van der Waals surface area contributed by atoms with Gasteiger partial charge in [-0.25, -0.2) is 0 Å². The number of hydrogen-bond donors (Lipinski definition) is 0. The van der Waals surface area contributed by atoms with Gasteiger partial charge in [-0.1, -0.05) is 18.2 Å². The number of nitrogens with zero attached hydrogens (tertiary/aromatic N) is 4. The number of pyridine rings is 1. The Morgan fingerprint density at radius 1 is 1.17 bits per heavy atom. The number of nitriles is 1. The third kappa shape index (κ3) is 5.07. The van der Waals surface area contributed by atoms with Gasteiger partial charge < -0.3 is 9.30 Å². The van der Waals surface area contributed by atoms with Crippen molar-refractivity contribution >= 4 is 5.78 Å². The molecule has 0 amide bonds. The molecule has 2 aliphatic rings. The molecule has 6 nitrogen and oxygen atoms in total. The molecule has 3 aromatic rings. The molecule has 0 N–H and O–H groups in total. The van der Waals surface area contributed by atoms with Gasteiger partial charge in [-0.2, -0.15) is 5.26 Å². The predicted molar refractivity (Wildman–Crippen MR) is 135 cm³/mol. The summed E-state index contributed by atoms with van der Waals surface area (Å²) in [6.45, 7) is 5.64.